The van der Waals surface area contributed by atoms with Gasteiger partial charge in [-0.2, -0.15) is 9.57 Å². The fourth-order valence-electron chi connectivity index (χ4n) is 2.63. The van der Waals surface area contributed by atoms with Crippen molar-refractivity contribution in [2.24, 2.45) is 0 Å². The number of nitriles is 1. The third-order valence-corrected chi connectivity index (χ3v) is 6.38. The van der Waals surface area contributed by atoms with Crippen LogP contribution in [0.2, 0.25) is 0 Å². The van der Waals surface area contributed by atoms with E-state index in [0.717, 1.165) is 11.3 Å². The Balaban J connectivity index is 2.01. The van der Waals surface area contributed by atoms with Crippen LogP contribution in [0, 0.1) is 25.2 Å². The van der Waals surface area contributed by atoms with Crippen LogP contribution in [0.4, 0.5) is 0 Å². The first-order chi connectivity index (χ1) is 13.4. The molecule has 28 heavy (non-hydrogen) atoms. The van der Waals surface area contributed by atoms with Crippen LogP contribution in [0.5, 0.6) is 5.75 Å². The lowest BCUT2D eigenvalue weighted by Crippen LogP contribution is -2.35. The highest BCUT2D eigenvalue weighted by Gasteiger charge is 2.23. The topological polar surface area (TPSA) is 79.6 Å². The molecule has 0 amide bonds. The minimum Gasteiger partial charge on any atom is -0.494 e. The molecule has 0 aliphatic rings. The van der Waals surface area contributed by atoms with Crippen molar-refractivity contribution >= 4 is 10.0 Å². The number of aryl methyl sites for hydroxylation is 2. The van der Waals surface area contributed by atoms with Gasteiger partial charge in [-0.05, 0) is 67.8 Å². The lowest BCUT2D eigenvalue weighted by atomic mass is 10.1. The maximum Gasteiger partial charge on any atom is 0.243 e. The van der Waals surface area contributed by atoms with E-state index in [0.29, 0.717) is 31.7 Å². The van der Waals surface area contributed by atoms with Crippen LogP contribution in [0.1, 0.15) is 23.1 Å². The van der Waals surface area contributed by atoms with Gasteiger partial charge < -0.3 is 9.47 Å². The molecule has 0 N–H and O–H groups in total. The highest BCUT2D eigenvalue weighted by Crippen LogP contribution is 2.18. The fourth-order valence-corrected chi connectivity index (χ4v) is 4.09. The van der Waals surface area contributed by atoms with Crippen LogP contribution in [0.3, 0.4) is 0 Å². The Hall–Kier alpha value is -2.40. The van der Waals surface area contributed by atoms with Gasteiger partial charge in [0.1, 0.15) is 5.75 Å². The molecule has 2 aromatic carbocycles. The summed E-state index contributed by atoms with van der Waals surface area (Å²) >= 11 is 0. The number of benzene rings is 2. The fraction of sp³-hybridized carbons (Fsp3) is 0.381. The number of methoxy groups -OCH3 is 1. The van der Waals surface area contributed by atoms with Crippen molar-refractivity contribution in [3.8, 4) is 11.8 Å². The summed E-state index contributed by atoms with van der Waals surface area (Å²) in [7, 11) is -2.13. The third kappa shape index (κ3) is 5.80. The summed E-state index contributed by atoms with van der Waals surface area (Å²) in [6, 6.07) is 13.8. The molecule has 2 aromatic rings. The molecule has 0 atom stereocenters. The van der Waals surface area contributed by atoms with Crippen molar-refractivity contribution in [1.29, 1.82) is 5.26 Å². The van der Waals surface area contributed by atoms with E-state index in [2.05, 4.69) is 0 Å². The predicted octanol–water partition coefficient (Wildman–Crippen LogP) is 3.28. The second kappa shape index (κ2) is 10.2. The Morgan fingerprint density at radius 3 is 2.32 bits per heavy atom. The molecule has 0 saturated carbocycles. The van der Waals surface area contributed by atoms with Crippen LogP contribution in [-0.2, 0) is 14.8 Å². The zero-order chi connectivity index (χ0) is 20.6. The second-order valence-corrected chi connectivity index (χ2v) is 8.42. The first-order valence-corrected chi connectivity index (χ1v) is 10.5. The number of hydrogen-bond acceptors (Lipinski definition) is 5. The lowest BCUT2D eigenvalue weighted by Gasteiger charge is -2.22. The van der Waals surface area contributed by atoms with Crippen LogP contribution in [-0.4, -0.2) is 46.1 Å². The van der Waals surface area contributed by atoms with Gasteiger partial charge in [-0.3, -0.25) is 0 Å². The van der Waals surface area contributed by atoms with Crippen LogP contribution >= 0.6 is 0 Å². The number of sulfonamides is 1. The average Bonchev–Trinajstić information content (AvgIpc) is 2.69. The maximum atomic E-state index is 12.9. The molecule has 0 aliphatic carbocycles. The molecule has 0 aromatic heterocycles. The molecule has 6 nitrogen and oxygen atoms in total. The smallest absolute Gasteiger partial charge is 0.243 e. The predicted molar refractivity (Wildman–Crippen MR) is 108 cm³/mol. The molecule has 2 rings (SSSR count). The van der Waals surface area contributed by atoms with Crippen molar-refractivity contribution in [3.05, 3.63) is 59.2 Å². The number of nitrogens with zero attached hydrogens (tertiary/aromatic N) is 2. The molecule has 0 spiro atoms. The van der Waals surface area contributed by atoms with E-state index in [9.17, 15) is 8.42 Å². The molecule has 0 unspecified atom stereocenters. The van der Waals surface area contributed by atoms with Crippen molar-refractivity contribution < 1.29 is 17.9 Å². The number of rotatable bonds is 10. The van der Waals surface area contributed by atoms with Gasteiger partial charge in [-0.15, -0.1) is 0 Å². The zero-order valence-electron chi connectivity index (χ0n) is 16.5. The Morgan fingerprint density at radius 2 is 1.71 bits per heavy atom. The number of ether oxygens (including phenoxy) is 2. The van der Waals surface area contributed by atoms with Gasteiger partial charge in [-0.1, -0.05) is 6.07 Å². The zero-order valence-corrected chi connectivity index (χ0v) is 17.3. The monoisotopic (exact) mass is 402 g/mol. The van der Waals surface area contributed by atoms with E-state index < -0.39 is 10.0 Å². The maximum absolute atomic E-state index is 12.9. The summed E-state index contributed by atoms with van der Waals surface area (Å²) in [5.41, 5.74) is 2.78. The standard InChI is InChI=1S/C21H26N2O4S/c1-17-5-8-20(15-18(17)2)27-13-4-11-23(12-14-26-3)28(24,25)21-9-6-19(16-22)7-10-21/h5-10,15H,4,11-14H2,1-3H3. The molecule has 7 heteroatoms. The third-order valence-electron chi connectivity index (χ3n) is 4.46. The first kappa shape index (κ1) is 21.9. The molecule has 150 valence electrons. The first-order valence-electron chi connectivity index (χ1n) is 9.08. The Morgan fingerprint density at radius 1 is 1.00 bits per heavy atom. The van der Waals surface area contributed by atoms with E-state index >= 15 is 0 Å². The van der Waals surface area contributed by atoms with E-state index in [1.807, 2.05) is 38.1 Å². The Kier molecular flexibility index (Phi) is 8.00. The average molecular weight is 403 g/mol. The summed E-state index contributed by atoms with van der Waals surface area (Å²) in [6.07, 6.45) is 0.548. The highest BCUT2D eigenvalue weighted by molar-refractivity contribution is 7.89. The van der Waals surface area contributed by atoms with Crippen LogP contribution in [0.25, 0.3) is 0 Å². The van der Waals surface area contributed by atoms with Gasteiger partial charge >= 0.3 is 0 Å². The SMILES string of the molecule is COCCN(CCCOc1ccc(C)c(C)c1)S(=O)(=O)c1ccc(C#N)cc1. The molecule has 0 heterocycles. The normalized spacial score (nSPS) is 11.4. The number of hydrogen-bond donors (Lipinski definition) is 0. The molecule has 0 aliphatic heterocycles. The van der Waals surface area contributed by atoms with E-state index in [1.54, 1.807) is 0 Å². The molecular weight excluding hydrogens is 376 g/mol. The largest absolute Gasteiger partial charge is 0.494 e. The van der Waals surface area contributed by atoms with E-state index in [4.69, 9.17) is 14.7 Å². The summed E-state index contributed by atoms with van der Waals surface area (Å²) in [5.74, 6) is 0.779. The molecular formula is C21H26N2O4S. The summed E-state index contributed by atoms with van der Waals surface area (Å²) < 4.78 is 38.1. The van der Waals surface area contributed by atoms with Crippen molar-refractivity contribution in [2.45, 2.75) is 25.2 Å². The van der Waals surface area contributed by atoms with Crippen LogP contribution < -0.4 is 4.74 Å². The summed E-state index contributed by atoms with van der Waals surface area (Å²) in [5, 5.41) is 8.89. The minimum atomic E-state index is -3.67. The van der Waals surface area contributed by atoms with E-state index in [-0.39, 0.29) is 11.4 Å². The van der Waals surface area contributed by atoms with Gasteiger partial charge in [-0.25, -0.2) is 8.42 Å². The Bertz CT molecular complexity index is 918. The van der Waals surface area contributed by atoms with Crippen LogP contribution in [0.15, 0.2) is 47.4 Å². The molecule has 0 bridgehead atoms. The van der Waals surface area contributed by atoms with Gasteiger partial charge in [0.05, 0.1) is 29.7 Å². The van der Waals surface area contributed by atoms with Gasteiger partial charge in [0.15, 0.2) is 0 Å². The minimum absolute atomic E-state index is 0.165. The molecule has 0 saturated heterocycles. The molecule has 0 radical (unpaired) electrons. The van der Waals surface area contributed by atoms with Gasteiger partial charge in [0, 0.05) is 20.2 Å². The van der Waals surface area contributed by atoms with E-state index in [1.165, 1.54) is 41.2 Å². The van der Waals surface area contributed by atoms with Crippen molar-refractivity contribution in [3.63, 3.8) is 0 Å². The van der Waals surface area contributed by atoms with Gasteiger partial charge in [0.2, 0.25) is 10.0 Å². The lowest BCUT2D eigenvalue weighted by molar-refractivity contribution is 0.176. The Labute approximate surface area is 167 Å². The second-order valence-electron chi connectivity index (χ2n) is 6.48. The summed E-state index contributed by atoms with van der Waals surface area (Å²) in [6.45, 7) is 5.35. The molecule has 0 fully saturated rings. The van der Waals surface area contributed by atoms with Gasteiger partial charge in [0.25, 0.3) is 0 Å². The van der Waals surface area contributed by atoms with Crippen molar-refractivity contribution in [2.75, 3.05) is 33.4 Å². The quantitative estimate of drug-likeness (QED) is 0.570. The summed E-state index contributed by atoms with van der Waals surface area (Å²) in [4.78, 5) is 0.165. The van der Waals surface area contributed by atoms with Crippen molar-refractivity contribution in [1.82, 2.24) is 4.31 Å². The highest BCUT2D eigenvalue weighted by atomic mass is 32.2.